The van der Waals surface area contributed by atoms with E-state index in [-0.39, 0.29) is 12.2 Å². The maximum atomic E-state index is 11.6. The van der Waals surface area contributed by atoms with Gasteiger partial charge in [-0.2, -0.15) is 5.10 Å². The van der Waals surface area contributed by atoms with Crippen LogP contribution in [0.5, 0.6) is 0 Å². The summed E-state index contributed by atoms with van der Waals surface area (Å²) < 4.78 is 1.02. The summed E-state index contributed by atoms with van der Waals surface area (Å²) >= 11 is 0. The molecule has 3 N–H and O–H groups in total. The van der Waals surface area contributed by atoms with Crippen molar-refractivity contribution in [2.24, 2.45) is 5.73 Å². The molecular formula is C13H11N3O4. The largest absolute Gasteiger partial charge is 0.476 e. The maximum absolute atomic E-state index is 11.6. The molecule has 7 nitrogen and oxygen atoms in total. The van der Waals surface area contributed by atoms with Gasteiger partial charge in [0.2, 0.25) is 5.91 Å². The van der Waals surface area contributed by atoms with Gasteiger partial charge < -0.3 is 10.8 Å². The zero-order valence-electron chi connectivity index (χ0n) is 10.3. The van der Waals surface area contributed by atoms with Crippen LogP contribution in [0.3, 0.4) is 0 Å². The van der Waals surface area contributed by atoms with E-state index in [2.05, 4.69) is 5.10 Å². The van der Waals surface area contributed by atoms with Crippen LogP contribution in [0, 0.1) is 0 Å². The van der Waals surface area contributed by atoms with Gasteiger partial charge in [-0.1, -0.05) is 12.1 Å². The van der Waals surface area contributed by atoms with Crippen LogP contribution in [0.2, 0.25) is 0 Å². The molecule has 1 heterocycles. The van der Waals surface area contributed by atoms with Gasteiger partial charge in [-0.15, -0.1) is 0 Å². The molecule has 0 saturated heterocycles. The lowest BCUT2D eigenvalue weighted by Gasteiger charge is -2.06. The number of carboxylic acids is 1. The topological polar surface area (TPSA) is 115 Å². The molecule has 0 saturated carbocycles. The molecular weight excluding hydrogens is 262 g/mol. The van der Waals surface area contributed by atoms with E-state index in [1.807, 2.05) is 0 Å². The Morgan fingerprint density at radius 3 is 2.65 bits per heavy atom. The molecule has 0 atom stereocenters. The summed E-state index contributed by atoms with van der Waals surface area (Å²) in [5.74, 6) is -1.80. The molecule has 2 rings (SSSR count). The highest BCUT2D eigenvalue weighted by Gasteiger charge is 2.08. The minimum Gasteiger partial charge on any atom is -0.476 e. The van der Waals surface area contributed by atoms with Crippen molar-refractivity contribution >= 4 is 11.9 Å². The number of benzene rings is 1. The Morgan fingerprint density at radius 2 is 2.00 bits per heavy atom. The SMILES string of the molecule is NC(=O)c1cccc(Cn2nc(C(=O)O)ccc2=O)c1. The predicted molar refractivity (Wildman–Crippen MR) is 69.5 cm³/mol. The van der Waals surface area contributed by atoms with E-state index < -0.39 is 17.4 Å². The molecule has 7 heteroatoms. The van der Waals surface area contributed by atoms with Crippen molar-refractivity contribution in [3.05, 3.63) is 63.6 Å². The molecule has 20 heavy (non-hydrogen) atoms. The first-order valence-corrected chi connectivity index (χ1v) is 5.67. The predicted octanol–water partition coefficient (Wildman–Crippen LogP) is 0.0887. The summed E-state index contributed by atoms with van der Waals surface area (Å²) in [5.41, 5.74) is 5.45. The van der Waals surface area contributed by atoms with Gasteiger partial charge in [-0.25, -0.2) is 9.48 Å². The fourth-order valence-electron chi connectivity index (χ4n) is 1.67. The van der Waals surface area contributed by atoms with Crippen molar-refractivity contribution in [2.75, 3.05) is 0 Å². The van der Waals surface area contributed by atoms with Crippen molar-refractivity contribution in [3.8, 4) is 0 Å². The highest BCUT2D eigenvalue weighted by molar-refractivity contribution is 5.92. The summed E-state index contributed by atoms with van der Waals surface area (Å²) in [6.45, 7) is 0.0566. The van der Waals surface area contributed by atoms with Gasteiger partial charge in [0.05, 0.1) is 6.54 Å². The molecule has 1 aromatic carbocycles. The zero-order valence-corrected chi connectivity index (χ0v) is 10.3. The van der Waals surface area contributed by atoms with E-state index in [9.17, 15) is 14.4 Å². The smallest absolute Gasteiger partial charge is 0.356 e. The lowest BCUT2D eigenvalue weighted by atomic mass is 10.1. The molecule has 102 valence electrons. The number of hydrogen-bond acceptors (Lipinski definition) is 4. The molecule has 1 amide bonds. The van der Waals surface area contributed by atoms with Gasteiger partial charge in [-0.05, 0) is 23.8 Å². The van der Waals surface area contributed by atoms with E-state index in [1.54, 1.807) is 18.2 Å². The molecule has 0 aliphatic heterocycles. The van der Waals surface area contributed by atoms with Crippen molar-refractivity contribution in [3.63, 3.8) is 0 Å². The van der Waals surface area contributed by atoms with E-state index in [0.29, 0.717) is 11.1 Å². The quantitative estimate of drug-likeness (QED) is 0.819. The standard InChI is InChI=1S/C13H11N3O4/c14-12(18)9-3-1-2-8(6-9)7-16-11(17)5-4-10(15-16)13(19)20/h1-6H,7H2,(H2,14,18)(H,19,20). The summed E-state index contributed by atoms with van der Waals surface area (Å²) in [7, 11) is 0. The van der Waals surface area contributed by atoms with Crippen LogP contribution in [0.4, 0.5) is 0 Å². The Bertz CT molecular complexity index is 736. The minimum atomic E-state index is -1.22. The van der Waals surface area contributed by atoms with Crippen LogP contribution in [0.1, 0.15) is 26.4 Å². The number of carbonyl (C=O) groups excluding carboxylic acids is 1. The number of hydrogen-bond donors (Lipinski definition) is 2. The van der Waals surface area contributed by atoms with Crippen LogP contribution in [-0.4, -0.2) is 26.8 Å². The van der Waals surface area contributed by atoms with Crippen molar-refractivity contribution in [2.45, 2.75) is 6.54 Å². The molecule has 0 aliphatic carbocycles. The van der Waals surface area contributed by atoms with Crippen LogP contribution in [0.15, 0.2) is 41.2 Å². The molecule has 1 aromatic heterocycles. The number of carboxylic acid groups (broad SMARTS) is 1. The first-order chi connectivity index (χ1) is 9.47. The Kier molecular flexibility index (Phi) is 3.60. The molecule has 2 aromatic rings. The Labute approximate surface area is 113 Å². The van der Waals surface area contributed by atoms with Gasteiger partial charge >= 0.3 is 5.97 Å². The van der Waals surface area contributed by atoms with E-state index in [4.69, 9.17) is 10.8 Å². The highest BCUT2D eigenvalue weighted by Crippen LogP contribution is 2.05. The molecule has 0 aliphatic rings. The Morgan fingerprint density at radius 1 is 1.25 bits per heavy atom. The normalized spacial score (nSPS) is 10.2. The molecule has 0 fully saturated rings. The molecule has 0 bridgehead atoms. The molecule has 0 unspecified atom stereocenters. The van der Waals surface area contributed by atoms with Crippen molar-refractivity contribution in [1.29, 1.82) is 0 Å². The number of nitrogens with zero attached hydrogens (tertiary/aromatic N) is 2. The number of amides is 1. The summed E-state index contributed by atoms with van der Waals surface area (Å²) in [4.78, 5) is 33.5. The summed E-state index contributed by atoms with van der Waals surface area (Å²) in [6.07, 6.45) is 0. The third-order valence-corrected chi connectivity index (χ3v) is 2.63. The average Bonchev–Trinajstić information content (AvgIpc) is 2.41. The first-order valence-electron chi connectivity index (χ1n) is 5.67. The van der Waals surface area contributed by atoms with Crippen LogP contribution in [-0.2, 0) is 6.54 Å². The lowest BCUT2D eigenvalue weighted by Crippen LogP contribution is -2.25. The third-order valence-electron chi connectivity index (χ3n) is 2.63. The molecule has 0 radical (unpaired) electrons. The van der Waals surface area contributed by atoms with Gasteiger partial charge in [0.15, 0.2) is 5.69 Å². The second kappa shape index (κ2) is 5.35. The number of aromatic carboxylic acids is 1. The first kappa shape index (κ1) is 13.5. The van der Waals surface area contributed by atoms with Crippen LogP contribution in [0.25, 0.3) is 0 Å². The van der Waals surface area contributed by atoms with Crippen molar-refractivity contribution in [1.82, 2.24) is 9.78 Å². The highest BCUT2D eigenvalue weighted by atomic mass is 16.4. The van der Waals surface area contributed by atoms with Gasteiger partial charge in [0.25, 0.3) is 5.56 Å². The summed E-state index contributed by atoms with van der Waals surface area (Å²) in [6, 6.07) is 8.67. The van der Waals surface area contributed by atoms with E-state index in [1.165, 1.54) is 6.07 Å². The fraction of sp³-hybridized carbons (Fsp3) is 0.0769. The fourth-order valence-corrected chi connectivity index (χ4v) is 1.67. The Hall–Kier alpha value is -2.96. The van der Waals surface area contributed by atoms with Gasteiger partial charge in [0, 0.05) is 11.6 Å². The summed E-state index contributed by atoms with van der Waals surface area (Å²) in [5, 5.41) is 12.6. The number of carbonyl (C=O) groups is 2. The second-order valence-electron chi connectivity index (χ2n) is 4.08. The minimum absolute atomic E-state index is 0.0566. The van der Waals surface area contributed by atoms with Gasteiger partial charge in [-0.3, -0.25) is 9.59 Å². The van der Waals surface area contributed by atoms with E-state index in [0.717, 1.165) is 16.8 Å². The van der Waals surface area contributed by atoms with Crippen LogP contribution >= 0.6 is 0 Å². The second-order valence-corrected chi connectivity index (χ2v) is 4.08. The maximum Gasteiger partial charge on any atom is 0.356 e. The Balaban J connectivity index is 2.37. The third kappa shape index (κ3) is 2.89. The van der Waals surface area contributed by atoms with Crippen molar-refractivity contribution < 1.29 is 14.7 Å². The monoisotopic (exact) mass is 273 g/mol. The number of primary amides is 1. The molecule has 0 spiro atoms. The average molecular weight is 273 g/mol. The number of nitrogens with two attached hydrogens (primary N) is 1. The lowest BCUT2D eigenvalue weighted by molar-refractivity contribution is 0.0687. The van der Waals surface area contributed by atoms with Gasteiger partial charge in [0.1, 0.15) is 0 Å². The zero-order chi connectivity index (χ0) is 14.7. The van der Waals surface area contributed by atoms with E-state index >= 15 is 0 Å². The number of aromatic nitrogens is 2. The number of rotatable bonds is 4. The van der Waals surface area contributed by atoms with Crippen LogP contribution < -0.4 is 11.3 Å².